The molecule has 4 aromatic heterocycles. The highest BCUT2D eigenvalue weighted by Gasteiger charge is 2.37. The van der Waals surface area contributed by atoms with Crippen molar-refractivity contribution in [1.29, 1.82) is 0 Å². The maximum atomic E-state index is 14.1. The number of aryl methyl sites for hydroxylation is 1. The average molecular weight is 607 g/mol. The highest BCUT2D eigenvalue weighted by molar-refractivity contribution is 7.21. The largest absolute Gasteiger partial charge is 0.433 e. The molecule has 0 saturated heterocycles. The van der Waals surface area contributed by atoms with Crippen LogP contribution in [-0.2, 0) is 12.4 Å². The summed E-state index contributed by atoms with van der Waals surface area (Å²) in [4.78, 5) is 33.0. The number of anilines is 1. The number of thiophene rings is 1. The molecule has 8 nitrogen and oxygen atoms in total. The van der Waals surface area contributed by atoms with Gasteiger partial charge in [0.25, 0.3) is 11.8 Å². The molecule has 0 bridgehead atoms. The van der Waals surface area contributed by atoms with Crippen LogP contribution < -0.4 is 11.1 Å². The van der Waals surface area contributed by atoms with E-state index in [0.717, 1.165) is 23.9 Å². The Balaban J connectivity index is 1.64. The summed E-state index contributed by atoms with van der Waals surface area (Å²) >= 11 is 0.542. The number of hydrogen-bond acceptors (Lipinski definition) is 6. The summed E-state index contributed by atoms with van der Waals surface area (Å²) in [6.07, 6.45) is -8.76. The number of nitrogens with two attached hydrogens (primary N) is 1. The lowest BCUT2D eigenvalue weighted by Gasteiger charge is -2.13. The first-order valence-electron chi connectivity index (χ1n) is 12.2. The van der Waals surface area contributed by atoms with Crippen LogP contribution in [0.2, 0.25) is 0 Å². The zero-order valence-corrected chi connectivity index (χ0v) is 22.8. The zero-order chi connectivity index (χ0) is 30.7. The SMILES string of the molecule is Cc1cc(C(F)(F)F)nc2sc(C(N)=O)c(NC(=O)c3cnn4c(C(F)(F)F)cc(-c5ccc(C(C)C)cc5)nc34)c12. The topological polar surface area (TPSA) is 115 Å². The minimum Gasteiger partial charge on any atom is -0.365 e. The minimum atomic E-state index is -4.87. The molecule has 0 saturated carbocycles. The van der Waals surface area contributed by atoms with Crippen LogP contribution in [0.5, 0.6) is 0 Å². The van der Waals surface area contributed by atoms with E-state index in [2.05, 4.69) is 20.4 Å². The molecule has 5 rings (SSSR count). The maximum Gasteiger partial charge on any atom is 0.433 e. The van der Waals surface area contributed by atoms with E-state index < -0.39 is 41.2 Å². The predicted octanol–water partition coefficient (Wildman–Crippen LogP) is 6.83. The van der Waals surface area contributed by atoms with Crippen LogP contribution in [-0.4, -0.2) is 31.4 Å². The van der Waals surface area contributed by atoms with Gasteiger partial charge in [0, 0.05) is 10.9 Å². The standard InChI is InChI=1S/C27H20F6N6O2S/c1-11(2)13-4-6-14(7-5-13)16-9-18(27(31,32)33)39-23(36-16)15(10-35-39)24(41)38-20-19-12(3)8-17(26(28,29)30)37-25(19)42-21(20)22(34)40/h4-11H,1-3H3,(H2,34,40)(H,38,41). The molecule has 4 heterocycles. The van der Waals surface area contributed by atoms with Crippen molar-refractivity contribution in [1.82, 2.24) is 19.6 Å². The van der Waals surface area contributed by atoms with Gasteiger partial charge in [-0.25, -0.2) is 14.5 Å². The van der Waals surface area contributed by atoms with Gasteiger partial charge >= 0.3 is 12.4 Å². The fraction of sp³-hybridized carbons (Fsp3) is 0.222. The lowest BCUT2D eigenvalue weighted by Crippen LogP contribution is -2.18. The molecule has 0 fully saturated rings. The first-order chi connectivity index (χ1) is 19.6. The van der Waals surface area contributed by atoms with E-state index in [9.17, 15) is 35.9 Å². The molecule has 0 aliphatic rings. The van der Waals surface area contributed by atoms with Crippen LogP contribution in [0.15, 0.2) is 42.6 Å². The Morgan fingerprint density at radius 3 is 2.24 bits per heavy atom. The molecule has 0 radical (unpaired) electrons. The van der Waals surface area contributed by atoms with E-state index in [0.29, 0.717) is 21.4 Å². The number of nitrogens with zero attached hydrogens (tertiary/aromatic N) is 4. The van der Waals surface area contributed by atoms with Crippen molar-refractivity contribution >= 4 is 44.7 Å². The van der Waals surface area contributed by atoms with Gasteiger partial charge < -0.3 is 11.1 Å². The third-order valence-corrected chi connectivity index (χ3v) is 7.59. The van der Waals surface area contributed by atoms with E-state index in [1.165, 1.54) is 6.92 Å². The number of alkyl halides is 6. The van der Waals surface area contributed by atoms with Crippen molar-refractivity contribution in [3.63, 3.8) is 0 Å². The van der Waals surface area contributed by atoms with Crippen molar-refractivity contribution in [2.24, 2.45) is 5.73 Å². The van der Waals surface area contributed by atoms with Gasteiger partial charge in [-0.2, -0.15) is 31.4 Å². The minimum absolute atomic E-state index is 0.0292. The van der Waals surface area contributed by atoms with E-state index in [4.69, 9.17) is 5.73 Å². The predicted molar refractivity (Wildman–Crippen MR) is 143 cm³/mol. The van der Waals surface area contributed by atoms with Gasteiger partial charge in [-0.15, -0.1) is 11.3 Å². The first kappa shape index (κ1) is 29.0. The first-order valence-corrected chi connectivity index (χ1v) is 13.1. The summed E-state index contributed by atoms with van der Waals surface area (Å²) in [5.74, 6) is -1.88. The molecular weight excluding hydrogens is 586 g/mol. The van der Waals surface area contributed by atoms with Crippen LogP contribution >= 0.6 is 11.3 Å². The van der Waals surface area contributed by atoms with Crippen molar-refractivity contribution < 1.29 is 35.9 Å². The van der Waals surface area contributed by atoms with Gasteiger partial charge in [0.2, 0.25) is 0 Å². The molecule has 3 N–H and O–H groups in total. The number of carbonyl (C=O) groups excluding carboxylic acids is 2. The van der Waals surface area contributed by atoms with E-state index in [1.807, 2.05) is 13.8 Å². The number of rotatable bonds is 5. The normalized spacial score (nSPS) is 12.4. The number of fused-ring (bicyclic) bond motifs is 2. The summed E-state index contributed by atoms with van der Waals surface area (Å²) in [5, 5.41) is 6.18. The molecule has 0 aliphatic heterocycles. The van der Waals surface area contributed by atoms with Crippen LogP contribution in [0.1, 0.15) is 62.3 Å². The van der Waals surface area contributed by atoms with Gasteiger partial charge in [-0.1, -0.05) is 38.1 Å². The Hall–Kier alpha value is -4.53. The van der Waals surface area contributed by atoms with Crippen molar-refractivity contribution in [3.8, 4) is 11.3 Å². The summed E-state index contributed by atoms with van der Waals surface area (Å²) in [6.45, 7) is 5.26. The number of amides is 2. The van der Waals surface area contributed by atoms with Gasteiger partial charge in [0.05, 0.1) is 17.6 Å². The van der Waals surface area contributed by atoms with E-state index in [-0.39, 0.29) is 43.5 Å². The number of halogens is 6. The Morgan fingerprint density at radius 2 is 1.67 bits per heavy atom. The summed E-state index contributed by atoms with van der Waals surface area (Å²) in [7, 11) is 0. The molecule has 0 unspecified atom stereocenters. The Labute approximate surface area is 237 Å². The highest BCUT2D eigenvalue weighted by atomic mass is 32.1. The molecule has 0 atom stereocenters. The number of carbonyl (C=O) groups is 2. The lowest BCUT2D eigenvalue weighted by molar-refractivity contribution is -0.143. The molecular formula is C27H20F6N6O2S. The monoisotopic (exact) mass is 606 g/mol. The zero-order valence-electron chi connectivity index (χ0n) is 22.0. The fourth-order valence-corrected chi connectivity index (χ4v) is 5.47. The van der Waals surface area contributed by atoms with Crippen molar-refractivity contribution in [2.45, 2.75) is 39.0 Å². The number of benzene rings is 1. The highest BCUT2D eigenvalue weighted by Crippen LogP contribution is 2.40. The molecule has 0 aliphatic carbocycles. The number of nitrogens with one attached hydrogen (secondary N) is 1. The Morgan fingerprint density at radius 1 is 1.00 bits per heavy atom. The second kappa shape index (κ2) is 10.1. The van der Waals surface area contributed by atoms with Crippen LogP contribution in [0.4, 0.5) is 32.0 Å². The number of pyridine rings is 1. The Kier molecular flexibility index (Phi) is 6.95. The molecule has 1 aromatic carbocycles. The second-order valence-corrected chi connectivity index (χ2v) is 10.7. The van der Waals surface area contributed by atoms with Crippen LogP contribution in [0.3, 0.4) is 0 Å². The van der Waals surface area contributed by atoms with Crippen molar-refractivity contribution in [3.05, 3.63) is 75.6 Å². The Bertz CT molecular complexity index is 1870. The van der Waals surface area contributed by atoms with Gasteiger partial charge in [0.1, 0.15) is 21.0 Å². The molecule has 5 aromatic rings. The van der Waals surface area contributed by atoms with Crippen LogP contribution in [0.25, 0.3) is 27.1 Å². The fourth-order valence-electron chi connectivity index (χ4n) is 4.41. The quantitative estimate of drug-likeness (QED) is 0.213. The van der Waals surface area contributed by atoms with E-state index in [1.54, 1.807) is 24.3 Å². The molecule has 42 heavy (non-hydrogen) atoms. The third kappa shape index (κ3) is 5.15. The molecule has 2 amide bonds. The van der Waals surface area contributed by atoms with E-state index >= 15 is 0 Å². The molecule has 0 spiro atoms. The number of primary amides is 1. The molecule has 15 heteroatoms. The summed E-state index contributed by atoms with van der Waals surface area (Å²) < 4.78 is 82.6. The van der Waals surface area contributed by atoms with Gasteiger partial charge in [0.15, 0.2) is 11.3 Å². The number of hydrogen-bond donors (Lipinski definition) is 2. The van der Waals surface area contributed by atoms with Crippen molar-refractivity contribution in [2.75, 3.05) is 5.32 Å². The van der Waals surface area contributed by atoms with Gasteiger partial charge in [-0.05, 0) is 36.1 Å². The second-order valence-electron chi connectivity index (χ2n) is 9.72. The third-order valence-electron chi connectivity index (χ3n) is 6.49. The molecule has 218 valence electrons. The smallest absolute Gasteiger partial charge is 0.365 e. The summed E-state index contributed by atoms with van der Waals surface area (Å²) in [5.41, 5.74) is 3.30. The number of aromatic nitrogens is 4. The lowest BCUT2D eigenvalue weighted by atomic mass is 10.0. The maximum absolute atomic E-state index is 14.1. The summed E-state index contributed by atoms with van der Waals surface area (Å²) in [6, 6.07) is 8.32. The van der Waals surface area contributed by atoms with Gasteiger partial charge in [-0.3, -0.25) is 9.59 Å². The average Bonchev–Trinajstić information content (AvgIpc) is 3.49. The van der Waals surface area contributed by atoms with Crippen LogP contribution in [0, 0.1) is 6.92 Å².